The molecule has 20 heavy (non-hydrogen) atoms. The van der Waals surface area contributed by atoms with Gasteiger partial charge in [0, 0.05) is 11.6 Å². The van der Waals surface area contributed by atoms with Crippen LogP contribution in [0.2, 0.25) is 0 Å². The van der Waals surface area contributed by atoms with Crippen LogP contribution in [-0.2, 0) is 4.74 Å². The van der Waals surface area contributed by atoms with Gasteiger partial charge in [-0.2, -0.15) is 0 Å². The van der Waals surface area contributed by atoms with Gasteiger partial charge in [-0.3, -0.25) is 4.79 Å². The molecule has 1 aromatic carbocycles. The minimum atomic E-state index is -0.388. The molecule has 108 valence electrons. The number of ether oxygens (including phenoxy) is 1. The topological polar surface area (TPSA) is 55.4 Å². The number of methoxy groups -OCH3 is 1. The molecule has 1 aliphatic rings. The van der Waals surface area contributed by atoms with Crippen molar-refractivity contribution in [3.8, 4) is 0 Å². The van der Waals surface area contributed by atoms with Crippen LogP contribution in [0.3, 0.4) is 0 Å². The lowest BCUT2D eigenvalue weighted by atomic mass is 10.1. The summed E-state index contributed by atoms with van der Waals surface area (Å²) in [6.07, 6.45) is 7.02. The maximum absolute atomic E-state index is 12.1. The van der Waals surface area contributed by atoms with Gasteiger partial charge < -0.3 is 10.1 Å². The minimum Gasteiger partial charge on any atom is -0.465 e. The van der Waals surface area contributed by atoms with Crippen LogP contribution < -0.4 is 5.32 Å². The highest BCUT2D eigenvalue weighted by atomic mass is 16.5. The van der Waals surface area contributed by atoms with Gasteiger partial charge in [0.1, 0.15) is 0 Å². The predicted octanol–water partition coefficient (Wildman–Crippen LogP) is 2.93. The normalized spacial score (nSPS) is 16.2. The average Bonchev–Trinajstić information content (AvgIpc) is 2.75. The first-order valence-electron chi connectivity index (χ1n) is 7.20. The second kappa shape index (κ2) is 7.08. The summed E-state index contributed by atoms with van der Waals surface area (Å²) in [4.78, 5) is 23.5. The van der Waals surface area contributed by atoms with E-state index in [2.05, 4.69) is 10.1 Å². The summed E-state index contributed by atoms with van der Waals surface area (Å²) in [5, 5.41) is 3.08. The highest BCUT2D eigenvalue weighted by Gasteiger charge is 2.16. The quantitative estimate of drug-likeness (QED) is 0.681. The predicted molar refractivity (Wildman–Crippen MR) is 76.7 cm³/mol. The van der Waals surface area contributed by atoms with Gasteiger partial charge in [-0.1, -0.05) is 25.7 Å². The molecule has 0 heterocycles. The van der Waals surface area contributed by atoms with Crippen LogP contribution in [0.25, 0.3) is 0 Å². The van der Waals surface area contributed by atoms with Crippen molar-refractivity contribution in [3.63, 3.8) is 0 Å². The Bertz CT molecular complexity index is 459. The summed E-state index contributed by atoms with van der Waals surface area (Å²) < 4.78 is 4.63. The fourth-order valence-electron chi connectivity index (χ4n) is 2.57. The smallest absolute Gasteiger partial charge is 0.337 e. The van der Waals surface area contributed by atoms with Crippen molar-refractivity contribution in [3.05, 3.63) is 35.4 Å². The molecule has 1 N–H and O–H groups in total. The number of nitrogens with one attached hydrogen (secondary N) is 1. The molecule has 0 aliphatic heterocycles. The van der Waals surface area contributed by atoms with Gasteiger partial charge in [0.15, 0.2) is 0 Å². The van der Waals surface area contributed by atoms with Crippen LogP contribution in [0.1, 0.15) is 59.2 Å². The van der Waals surface area contributed by atoms with E-state index in [1.165, 1.54) is 32.8 Å². The van der Waals surface area contributed by atoms with E-state index < -0.39 is 0 Å². The molecule has 0 unspecified atom stereocenters. The van der Waals surface area contributed by atoms with Gasteiger partial charge in [-0.15, -0.1) is 0 Å². The Hall–Kier alpha value is -1.84. The largest absolute Gasteiger partial charge is 0.465 e. The molecular weight excluding hydrogens is 254 g/mol. The number of hydrogen-bond acceptors (Lipinski definition) is 3. The second-order valence-corrected chi connectivity index (χ2v) is 5.23. The molecule has 0 saturated heterocycles. The summed E-state index contributed by atoms with van der Waals surface area (Å²) in [6, 6.07) is 6.85. The van der Waals surface area contributed by atoms with Crippen molar-refractivity contribution in [2.45, 2.75) is 44.6 Å². The lowest BCUT2D eigenvalue weighted by molar-refractivity contribution is 0.0600. The van der Waals surface area contributed by atoms with Crippen LogP contribution in [-0.4, -0.2) is 25.0 Å². The molecule has 0 radical (unpaired) electrons. The highest BCUT2D eigenvalue weighted by molar-refractivity contribution is 5.96. The van der Waals surface area contributed by atoms with E-state index in [-0.39, 0.29) is 17.9 Å². The summed E-state index contributed by atoms with van der Waals surface area (Å²) in [5.41, 5.74) is 1.04. The summed E-state index contributed by atoms with van der Waals surface area (Å²) in [6.45, 7) is 0. The van der Waals surface area contributed by atoms with E-state index in [4.69, 9.17) is 0 Å². The van der Waals surface area contributed by atoms with Gasteiger partial charge in [0.2, 0.25) is 0 Å². The zero-order valence-electron chi connectivity index (χ0n) is 11.9. The Balaban J connectivity index is 1.96. The standard InChI is InChI=1S/C16H21NO3/c1-20-16(19)13-10-8-12(9-11-13)15(18)17-14-6-4-2-3-5-7-14/h8-11,14H,2-7H2,1H3,(H,17,18). The number of carbonyl (C=O) groups is 2. The molecule has 1 fully saturated rings. The molecule has 0 spiro atoms. The molecule has 0 bridgehead atoms. The second-order valence-electron chi connectivity index (χ2n) is 5.23. The van der Waals surface area contributed by atoms with E-state index in [1.807, 2.05) is 0 Å². The zero-order chi connectivity index (χ0) is 14.4. The van der Waals surface area contributed by atoms with Crippen molar-refractivity contribution in [1.29, 1.82) is 0 Å². The molecule has 0 atom stereocenters. The number of amides is 1. The molecule has 4 heteroatoms. The Morgan fingerprint density at radius 1 is 1.00 bits per heavy atom. The van der Waals surface area contributed by atoms with Crippen molar-refractivity contribution < 1.29 is 14.3 Å². The third-order valence-electron chi connectivity index (χ3n) is 3.76. The fraction of sp³-hybridized carbons (Fsp3) is 0.500. The Kier molecular flexibility index (Phi) is 5.16. The first-order chi connectivity index (χ1) is 9.70. The van der Waals surface area contributed by atoms with Crippen molar-refractivity contribution in [2.24, 2.45) is 0 Å². The minimum absolute atomic E-state index is 0.0617. The van der Waals surface area contributed by atoms with E-state index >= 15 is 0 Å². The van der Waals surface area contributed by atoms with E-state index in [1.54, 1.807) is 24.3 Å². The molecule has 1 amide bonds. The van der Waals surface area contributed by atoms with Crippen LogP contribution in [0.15, 0.2) is 24.3 Å². The van der Waals surface area contributed by atoms with Gasteiger partial charge >= 0.3 is 5.97 Å². The van der Waals surface area contributed by atoms with Crippen molar-refractivity contribution in [2.75, 3.05) is 7.11 Å². The SMILES string of the molecule is COC(=O)c1ccc(C(=O)NC2CCCCCC2)cc1. The number of esters is 1. The zero-order valence-corrected chi connectivity index (χ0v) is 11.9. The molecule has 0 aromatic heterocycles. The lowest BCUT2D eigenvalue weighted by Gasteiger charge is -2.16. The maximum Gasteiger partial charge on any atom is 0.337 e. The first kappa shape index (κ1) is 14.6. The highest BCUT2D eigenvalue weighted by Crippen LogP contribution is 2.17. The number of carbonyl (C=O) groups excluding carboxylic acids is 2. The van der Waals surface area contributed by atoms with Crippen molar-refractivity contribution >= 4 is 11.9 Å². The Labute approximate surface area is 119 Å². The molecule has 1 saturated carbocycles. The van der Waals surface area contributed by atoms with Crippen molar-refractivity contribution in [1.82, 2.24) is 5.32 Å². The number of benzene rings is 1. The van der Waals surface area contributed by atoms with Gasteiger partial charge in [0.05, 0.1) is 12.7 Å². The molecule has 1 aromatic rings. The Morgan fingerprint density at radius 3 is 2.10 bits per heavy atom. The molecule has 1 aliphatic carbocycles. The van der Waals surface area contributed by atoms with Crippen LogP contribution >= 0.6 is 0 Å². The van der Waals surface area contributed by atoms with Gasteiger partial charge in [-0.05, 0) is 37.1 Å². The summed E-state index contributed by atoms with van der Waals surface area (Å²) >= 11 is 0. The summed E-state index contributed by atoms with van der Waals surface area (Å²) in [7, 11) is 1.34. The average molecular weight is 275 g/mol. The Morgan fingerprint density at radius 2 is 1.55 bits per heavy atom. The maximum atomic E-state index is 12.1. The molecule has 2 rings (SSSR count). The third-order valence-corrected chi connectivity index (χ3v) is 3.76. The van der Waals surface area contributed by atoms with E-state index in [0.29, 0.717) is 11.1 Å². The van der Waals surface area contributed by atoms with Crippen LogP contribution in [0.4, 0.5) is 0 Å². The fourth-order valence-corrected chi connectivity index (χ4v) is 2.57. The molecule has 4 nitrogen and oxygen atoms in total. The van der Waals surface area contributed by atoms with Crippen LogP contribution in [0, 0.1) is 0 Å². The third kappa shape index (κ3) is 3.83. The van der Waals surface area contributed by atoms with E-state index in [9.17, 15) is 9.59 Å². The van der Waals surface area contributed by atoms with Gasteiger partial charge in [0.25, 0.3) is 5.91 Å². The van der Waals surface area contributed by atoms with Gasteiger partial charge in [-0.25, -0.2) is 4.79 Å². The monoisotopic (exact) mass is 275 g/mol. The molecular formula is C16H21NO3. The number of hydrogen-bond donors (Lipinski definition) is 1. The number of rotatable bonds is 3. The van der Waals surface area contributed by atoms with Crippen LogP contribution in [0.5, 0.6) is 0 Å². The first-order valence-corrected chi connectivity index (χ1v) is 7.20. The van der Waals surface area contributed by atoms with E-state index in [0.717, 1.165) is 12.8 Å². The lowest BCUT2D eigenvalue weighted by Crippen LogP contribution is -2.34. The summed E-state index contributed by atoms with van der Waals surface area (Å²) in [5.74, 6) is -0.450.